The number of anilines is 1. The van der Waals surface area contributed by atoms with Crippen molar-refractivity contribution in [1.29, 1.82) is 0 Å². The Balaban J connectivity index is 2.84. The molecule has 0 saturated heterocycles. The van der Waals surface area contributed by atoms with Crippen LogP contribution in [-0.2, 0) is 4.79 Å². The van der Waals surface area contributed by atoms with Gasteiger partial charge in [-0.15, -0.1) is 0 Å². The lowest BCUT2D eigenvalue weighted by molar-refractivity contribution is -0.254. The van der Waals surface area contributed by atoms with E-state index < -0.39 is 21.8 Å². The van der Waals surface area contributed by atoms with E-state index in [1.54, 1.807) is 6.07 Å². The molecular formula is C12H11Cl3N3O3S-. The van der Waals surface area contributed by atoms with Crippen molar-refractivity contribution in [3.63, 3.8) is 0 Å². The van der Waals surface area contributed by atoms with Crippen molar-refractivity contribution in [2.45, 2.75) is 16.9 Å². The van der Waals surface area contributed by atoms with Gasteiger partial charge in [0.15, 0.2) is 5.11 Å². The SMILES string of the molecule is CC(=O)N[C@@H](NC(=S)Nc1ccccc1C(=O)[O-])C(Cl)(Cl)Cl. The Bertz CT molecular complexity index is 592. The lowest BCUT2D eigenvalue weighted by atomic mass is 10.2. The lowest BCUT2D eigenvalue weighted by Crippen LogP contribution is -2.55. The van der Waals surface area contributed by atoms with Crippen LogP contribution in [-0.4, -0.2) is 26.9 Å². The van der Waals surface area contributed by atoms with Crippen LogP contribution in [0.4, 0.5) is 5.69 Å². The number of aromatic carboxylic acids is 1. The van der Waals surface area contributed by atoms with Gasteiger partial charge in [-0.25, -0.2) is 0 Å². The standard InChI is InChI=1S/C12H12Cl3N3O3S/c1-6(19)16-10(12(13,14)15)18-11(22)17-8-5-3-2-4-7(8)9(20)21/h2-5,10H,1H3,(H,16,19)(H,20,21)(H2,17,18,22)/p-1/t10-/m0/s1. The van der Waals surface area contributed by atoms with E-state index in [9.17, 15) is 14.7 Å². The van der Waals surface area contributed by atoms with Crippen molar-refractivity contribution in [3.8, 4) is 0 Å². The van der Waals surface area contributed by atoms with Crippen LogP contribution >= 0.6 is 47.0 Å². The summed E-state index contributed by atoms with van der Waals surface area (Å²) < 4.78 is -1.87. The van der Waals surface area contributed by atoms with Gasteiger partial charge in [0, 0.05) is 18.2 Å². The third-order valence-electron chi connectivity index (χ3n) is 2.35. The molecule has 0 unspecified atom stereocenters. The molecule has 3 N–H and O–H groups in total. The van der Waals surface area contributed by atoms with Gasteiger partial charge in [-0.1, -0.05) is 53.0 Å². The molecular weight excluding hydrogens is 373 g/mol. The number of carboxylic acids is 1. The number of benzene rings is 1. The number of halogens is 3. The first-order valence-electron chi connectivity index (χ1n) is 5.83. The summed E-state index contributed by atoms with van der Waals surface area (Å²) in [5.41, 5.74) is 0.113. The van der Waals surface area contributed by atoms with E-state index >= 15 is 0 Å². The summed E-state index contributed by atoms with van der Waals surface area (Å²) in [6.45, 7) is 1.24. The van der Waals surface area contributed by atoms with Crippen LogP contribution in [0.2, 0.25) is 0 Å². The summed E-state index contributed by atoms with van der Waals surface area (Å²) >= 11 is 22.2. The Morgan fingerprint density at radius 2 is 1.82 bits per heavy atom. The molecule has 0 heterocycles. The minimum atomic E-state index is -1.87. The van der Waals surface area contributed by atoms with Crippen molar-refractivity contribution in [2.75, 3.05) is 5.32 Å². The molecule has 1 atom stereocenters. The first-order chi connectivity index (χ1) is 10.1. The molecule has 120 valence electrons. The van der Waals surface area contributed by atoms with Crippen LogP contribution in [0.25, 0.3) is 0 Å². The molecule has 1 aromatic rings. The van der Waals surface area contributed by atoms with Crippen LogP contribution in [0.3, 0.4) is 0 Å². The fourth-order valence-electron chi connectivity index (χ4n) is 1.46. The number of nitrogens with one attached hydrogen (secondary N) is 3. The zero-order chi connectivity index (χ0) is 16.9. The van der Waals surface area contributed by atoms with Gasteiger partial charge in [-0.05, 0) is 18.3 Å². The Morgan fingerprint density at radius 3 is 2.32 bits per heavy atom. The van der Waals surface area contributed by atoms with Gasteiger partial charge in [-0.3, -0.25) is 4.79 Å². The first-order valence-corrected chi connectivity index (χ1v) is 7.37. The zero-order valence-electron chi connectivity index (χ0n) is 11.2. The van der Waals surface area contributed by atoms with Gasteiger partial charge in [0.25, 0.3) is 0 Å². The number of hydrogen-bond acceptors (Lipinski definition) is 4. The van der Waals surface area contributed by atoms with E-state index in [2.05, 4.69) is 16.0 Å². The molecule has 0 radical (unpaired) electrons. The van der Waals surface area contributed by atoms with Crippen molar-refractivity contribution in [3.05, 3.63) is 29.8 Å². The molecule has 0 bridgehead atoms. The van der Waals surface area contributed by atoms with Crippen LogP contribution in [0.1, 0.15) is 17.3 Å². The van der Waals surface area contributed by atoms with Gasteiger partial charge in [0.1, 0.15) is 6.17 Å². The highest BCUT2D eigenvalue weighted by Gasteiger charge is 2.34. The van der Waals surface area contributed by atoms with E-state index in [-0.39, 0.29) is 16.4 Å². The highest BCUT2D eigenvalue weighted by Crippen LogP contribution is 2.29. The van der Waals surface area contributed by atoms with Crippen molar-refractivity contribution in [2.24, 2.45) is 0 Å². The molecule has 0 fully saturated rings. The smallest absolute Gasteiger partial charge is 0.228 e. The number of carbonyl (C=O) groups excluding carboxylic acids is 2. The number of carboxylic acid groups (broad SMARTS) is 1. The Morgan fingerprint density at radius 1 is 1.23 bits per heavy atom. The summed E-state index contributed by atoms with van der Waals surface area (Å²) in [5.74, 6) is -1.81. The second kappa shape index (κ2) is 7.82. The van der Waals surface area contributed by atoms with Crippen LogP contribution in [0.5, 0.6) is 0 Å². The largest absolute Gasteiger partial charge is 0.545 e. The zero-order valence-corrected chi connectivity index (χ0v) is 14.2. The predicted octanol–water partition coefficient (Wildman–Crippen LogP) is 1.17. The van der Waals surface area contributed by atoms with Gasteiger partial charge < -0.3 is 25.9 Å². The molecule has 1 rings (SSSR count). The fraction of sp³-hybridized carbons (Fsp3) is 0.250. The monoisotopic (exact) mass is 382 g/mol. The average Bonchev–Trinajstić information content (AvgIpc) is 2.36. The Kier molecular flexibility index (Phi) is 6.67. The molecule has 0 aliphatic rings. The fourth-order valence-corrected chi connectivity index (χ4v) is 2.02. The van der Waals surface area contributed by atoms with Crippen molar-refractivity contribution >= 4 is 69.7 Å². The van der Waals surface area contributed by atoms with E-state index in [1.807, 2.05) is 0 Å². The molecule has 6 nitrogen and oxygen atoms in total. The van der Waals surface area contributed by atoms with Gasteiger partial charge in [0.2, 0.25) is 9.70 Å². The minimum Gasteiger partial charge on any atom is -0.545 e. The second-order valence-electron chi connectivity index (χ2n) is 4.11. The number of hydrogen-bond donors (Lipinski definition) is 3. The van der Waals surface area contributed by atoms with E-state index in [0.29, 0.717) is 0 Å². The van der Waals surface area contributed by atoms with Crippen molar-refractivity contribution in [1.82, 2.24) is 10.6 Å². The Labute approximate surface area is 147 Å². The molecule has 0 saturated carbocycles. The number of amides is 1. The second-order valence-corrected chi connectivity index (χ2v) is 6.88. The molecule has 10 heteroatoms. The number of para-hydroxylation sites is 1. The summed E-state index contributed by atoms with van der Waals surface area (Å²) in [5, 5.41) is 18.5. The van der Waals surface area contributed by atoms with Crippen LogP contribution in [0, 0.1) is 0 Å². The number of rotatable bonds is 4. The van der Waals surface area contributed by atoms with Crippen LogP contribution in [0.15, 0.2) is 24.3 Å². The number of thiocarbonyl (C=S) groups is 1. The Hall–Kier alpha value is -1.28. The van der Waals surface area contributed by atoms with Crippen molar-refractivity contribution < 1.29 is 14.7 Å². The van der Waals surface area contributed by atoms with Gasteiger partial charge in [0.05, 0.1) is 5.97 Å². The normalized spacial score (nSPS) is 12.2. The summed E-state index contributed by atoms with van der Waals surface area (Å²) in [4.78, 5) is 22.1. The molecule has 0 aliphatic carbocycles. The van der Waals surface area contributed by atoms with Gasteiger partial charge >= 0.3 is 0 Å². The van der Waals surface area contributed by atoms with Crippen LogP contribution < -0.4 is 21.1 Å². The maximum atomic E-state index is 11.1. The highest BCUT2D eigenvalue weighted by atomic mass is 35.6. The predicted molar refractivity (Wildman–Crippen MR) is 88.0 cm³/mol. The molecule has 22 heavy (non-hydrogen) atoms. The lowest BCUT2D eigenvalue weighted by Gasteiger charge is -2.27. The minimum absolute atomic E-state index is 0.0428. The first kappa shape index (κ1) is 18.8. The average molecular weight is 384 g/mol. The summed E-state index contributed by atoms with van der Waals surface area (Å²) in [7, 11) is 0. The maximum Gasteiger partial charge on any atom is 0.228 e. The summed E-state index contributed by atoms with van der Waals surface area (Å²) in [6, 6.07) is 5.98. The highest BCUT2D eigenvalue weighted by molar-refractivity contribution is 7.80. The number of alkyl halides is 3. The molecule has 0 spiro atoms. The topological polar surface area (TPSA) is 93.3 Å². The van der Waals surface area contributed by atoms with E-state index in [4.69, 9.17) is 47.0 Å². The van der Waals surface area contributed by atoms with Gasteiger partial charge in [-0.2, -0.15) is 0 Å². The molecule has 1 amide bonds. The summed E-state index contributed by atoms with van der Waals surface area (Å²) in [6.07, 6.45) is -1.11. The maximum absolute atomic E-state index is 11.1. The molecule has 0 aromatic heterocycles. The third kappa shape index (κ3) is 5.84. The van der Waals surface area contributed by atoms with E-state index in [1.165, 1.54) is 25.1 Å². The third-order valence-corrected chi connectivity index (χ3v) is 3.22. The molecule has 0 aliphatic heterocycles. The van der Waals surface area contributed by atoms with E-state index in [0.717, 1.165) is 0 Å². The quantitative estimate of drug-likeness (QED) is 0.410. The number of carbonyl (C=O) groups is 2. The molecule has 1 aromatic carbocycles.